The molecule has 25 heavy (non-hydrogen) atoms. The summed E-state index contributed by atoms with van der Waals surface area (Å²) in [6.45, 7) is 1.00. The molecule has 2 aliphatic carbocycles. The summed E-state index contributed by atoms with van der Waals surface area (Å²) in [4.78, 5) is 12.6. The van der Waals surface area contributed by atoms with Gasteiger partial charge in [-0.05, 0) is 49.8 Å². The average Bonchev–Trinajstić information content (AvgIpc) is 3.28. The van der Waals surface area contributed by atoms with Crippen molar-refractivity contribution in [1.82, 2.24) is 5.32 Å². The van der Waals surface area contributed by atoms with E-state index in [9.17, 15) is 4.79 Å². The van der Waals surface area contributed by atoms with Gasteiger partial charge in [-0.25, -0.2) is 0 Å². The van der Waals surface area contributed by atoms with Gasteiger partial charge in [0.2, 0.25) is 12.7 Å². The molecule has 1 heterocycles. The Labute approximate surface area is 149 Å². The monoisotopic (exact) mass is 344 g/mol. The molecule has 0 aromatic heterocycles. The molecule has 0 spiro atoms. The van der Waals surface area contributed by atoms with Crippen molar-refractivity contribution < 1.29 is 14.3 Å². The third-order valence-corrected chi connectivity index (χ3v) is 6.24. The third-order valence-electron chi connectivity index (χ3n) is 6.24. The number of hydrogen-bond donors (Lipinski definition) is 2. The maximum absolute atomic E-state index is 12.6. The summed E-state index contributed by atoms with van der Waals surface area (Å²) in [5.74, 6) is 1.92. The summed E-state index contributed by atoms with van der Waals surface area (Å²) in [7, 11) is 0. The van der Waals surface area contributed by atoms with Gasteiger partial charge in [-0.3, -0.25) is 4.79 Å². The SMILES string of the molecule is NC1CCC(C(=O)NCC2(c3ccc4c(c3)OCO4)CCCCC2)C1. The summed E-state index contributed by atoms with van der Waals surface area (Å²) < 4.78 is 11.0. The lowest BCUT2D eigenvalue weighted by Crippen LogP contribution is -2.44. The van der Waals surface area contributed by atoms with Crippen LogP contribution in [0.1, 0.15) is 56.9 Å². The van der Waals surface area contributed by atoms with Crippen LogP contribution < -0.4 is 20.5 Å². The van der Waals surface area contributed by atoms with E-state index in [0.29, 0.717) is 13.3 Å². The van der Waals surface area contributed by atoms with Crippen LogP contribution in [0.3, 0.4) is 0 Å². The van der Waals surface area contributed by atoms with Crippen molar-refractivity contribution in [1.29, 1.82) is 0 Å². The molecule has 2 fully saturated rings. The minimum absolute atomic E-state index is 0.00953. The van der Waals surface area contributed by atoms with E-state index in [0.717, 1.165) is 43.6 Å². The first-order valence-corrected chi connectivity index (χ1v) is 9.60. The Bertz CT molecular complexity index is 640. The molecule has 2 atom stereocenters. The molecule has 2 saturated carbocycles. The number of carbonyl (C=O) groups is 1. The number of nitrogens with two attached hydrogens (primary N) is 1. The van der Waals surface area contributed by atoms with Crippen molar-refractivity contribution in [3.8, 4) is 11.5 Å². The predicted molar refractivity (Wildman–Crippen MR) is 95.7 cm³/mol. The number of ether oxygens (including phenoxy) is 2. The fourth-order valence-corrected chi connectivity index (χ4v) is 4.68. The zero-order valence-electron chi connectivity index (χ0n) is 14.8. The van der Waals surface area contributed by atoms with Crippen molar-refractivity contribution in [3.05, 3.63) is 23.8 Å². The highest BCUT2D eigenvalue weighted by atomic mass is 16.7. The number of hydrogen-bond acceptors (Lipinski definition) is 4. The van der Waals surface area contributed by atoms with Crippen LogP contribution in [0, 0.1) is 5.92 Å². The molecule has 1 amide bonds. The Morgan fingerprint density at radius 1 is 1.16 bits per heavy atom. The zero-order chi connectivity index (χ0) is 17.3. The fourth-order valence-electron chi connectivity index (χ4n) is 4.68. The summed E-state index contributed by atoms with van der Waals surface area (Å²) >= 11 is 0. The standard InChI is InChI=1S/C20H28N2O3/c21-16-6-4-14(10-16)19(23)22-12-20(8-2-1-3-9-20)15-5-7-17-18(11-15)25-13-24-17/h5,7,11,14,16H,1-4,6,8-10,12-13,21H2,(H,22,23). The number of carbonyl (C=O) groups excluding carboxylic acids is 1. The zero-order valence-corrected chi connectivity index (χ0v) is 14.8. The Hall–Kier alpha value is -1.75. The van der Waals surface area contributed by atoms with Gasteiger partial charge in [0.15, 0.2) is 11.5 Å². The number of nitrogens with one attached hydrogen (secondary N) is 1. The number of amides is 1. The smallest absolute Gasteiger partial charge is 0.231 e. The van der Waals surface area contributed by atoms with E-state index >= 15 is 0 Å². The lowest BCUT2D eigenvalue weighted by atomic mass is 9.69. The molecule has 3 aliphatic rings. The van der Waals surface area contributed by atoms with Gasteiger partial charge in [-0.15, -0.1) is 0 Å². The molecule has 2 unspecified atom stereocenters. The van der Waals surface area contributed by atoms with E-state index < -0.39 is 0 Å². The molecule has 1 aromatic carbocycles. The lowest BCUT2D eigenvalue weighted by molar-refractivity contribution is -0.125. The second-order valence-electron chi connectivity index (χ2n) is 7.90. The third kappa shape index (κ3) is 3.34. The number of benzene rings is 1. The predicted octanol–water partition coefficient (Wildman–Crippen LogP) is 2.86. The normalized spacial score (nSPS) is 27.2. The van der Waals surface area contributed by atoms with Crippen molar-refractivity contribution >= 4 is 5.91 Å². The molecule has 1 aliphatic heterocycles. The largest absolute Gasteiger partial charge is 0.454 e. The van der Waals surface area contributed by atoms with E-state index in [1.807, 2.05) is 6.07 Å². The molecule has 5 nitrogen and oxygen atoms in total. The van der Waals surface area contributed by atoms with Crippen LogP contribution >= 0.6 is 0 Å². The molecule has 136 valence electrons. The van der Waals surface area contributed by atoms with Crippen molar-refractivity contribution in [2.45, 2.75) is 62.8 Å². The first kappa shape index (κ1) is 16.7. The molecular weight excluding hydrogens is 316 g/mol. The Morgan fingerprint density at radius 2 is 1.96 bits per heavy atom. The van der Waals surface area contributed by atoms with Gasteiger partial charge >= 0.3 is 0 Å². The first-order chi connectivity index (χ1) is 12.2. The molecular formula is C20H28N2O3. The molecule has 0 radical (unpaired) electrons. The highest BCUT2D eigenvalue weighted by Gasteiger charge is 2.36. The highest BCUT2D eigenvalue weighted by molar-refractivity contribution is 5.79. The van der Waals surface area contributed by atoms with Gasteiger partial charge in [-0.1, -0.05) is 25.3 Å². The molecule has 3 N–H and O–H groups in total. The first-order valence-electron chi connectivity index (χ1n) is 9.60. The second-order valence-corrected chi connectivity index (χ2v) is 7.90. The minimum Gasteiger partial charge on any atom is -0.454 e. The van der Waals surface area contributed by atoms with E-state index in [1.54, 1.807) is 0 Å². The Kier molecular flexibility index (Phi) is 4.59. The maximum atomic E-state index is 12.6. The van der Waals surface area contributed by atoms with Crippen LogP contribution in [-0.2, 0) is 10.2 Å². The summed E-state index contributed by atoms with van der Waals surface area (Å²) in [5, 5.41) is 3.26. The number of fused-ring (bicyclic) bond motifs is 1. The van der Waals surface area contributed by atoms with E-state index in [2.05, 4.69) is 17.4 Å². The minimum atomic E-state index is 0.00953. The van der Waals surface area contributed by atoms with Crippen LogP contribution in [0.25, 0.3) is 0 Å². The highest BCUT2D eigenvalue weighted by Crippen LogP contribution is 2.43. The number of rotatable bonds is 4. The fraction of sp³-hybridized carbons (Fsp3) is 0.650. The van der Waals surface area contributed by atoms with Crippen molar-refractivity contribution in [3.63, 3.8) is 0 Å². The summed E-state index contributed by atoms with van der Waals surface area (Å²) in [5.41, 5.74) is 7.24. The Morgan fingerprint density at radius 3 is 2.72 bits per heavy atom. The van der Waals surface area contributed by atoms with Crippen LogP contribution in [-0.4, -0.2) is 25.3 Å². The average molecular weight is 344 g/mol. The lowest BCUT2D eigenvalue weighted by Gasteiger charge is -2.38. The molecule has 1 aromatic rings. The van der Waals surface area contributed by atoms with E-state index in [-0.39, 0.29) is 23.3 Å². The van der Waals surface area contributed by atoms with Crippen LogP contribution in [0.5, 0.6) is 11.5 Å². The maximum Gasteiger partial charge on any atom is 0.231 e. The van der Waals surface area contributed by atoms with Crippen LogP contribution in [0.4, 0.5) is 0 Å². The molecule has 5 heteroatoms. The van der Waals surface area contributed by atoms with Gasteiger partial charge in [0.25, 0.3) is 0 Å². The topological polar surface area (TPSA) is 73.6 Å². The van der Waals surface area contributed by atoms with Crippen molar-refractivity contribution in [2.24, 2.45) is 11.7 Å². The molecule has 4 rings (SSSR count). The quantitative estimate of drug-likeness (QED) is 0.881. The second kappa shape index (κ2) is 6.87. The van der Waals surface area contributed by atoms with E-state index in [4.69, 9.17) is 15.2 Å². The summed E-state index contributed by atoms with van der Waals surface area (Å²) in [6, 6.07) is 6.46. The van der Waals surface area contributed by atoms with Gasteiger partial charge in [-0.2, -0.15) is 0 Å². The van der Waals surface area contributed by atoms with Crippen molar-refractivity contribution in [2.75, 3.05) is 13.3 Å². The van der Waals surface area contributed by atoms with Crippen LogP contribution in [0.2, 0.25) is 0 Å². The van der Waals surface area contributed by atoms with Gasteiger partial charge < -0.3 is 20.5 Å². The van der Waals surface area contributed by atoms with Gasteiger partial charge in [0.05, 0.1) is 0 Å². The summed E-state index contributed by atoms with van der Waals surface area (Å²) in [6.07, 6.45) is 8.61. The van der Waals surface area contributed by atoms with Gasteiger partial charge in [0, 0.05) is 23.9 Å². The molecule has 0 bridgehead atoms. The van der Waals surface area contributed by atoms with Crippen LogP contribution in [0.15, 0.2) is 18.2 Å². The van der Waals surface area contributed by atoms with Gasteiger partial charge in [0.1, 0.15) is 0 Å². The Balaban J connectivity index is 1.50. The molecule has 0 saturated heterocycles. The van der Waals surface area contributed by atoms with E-state index in [1.165, 1.54) is 24.8 Å².